The fourth-order valence-electron chi connectivity index (χ4n) is 3.10. The summed E-state index contributed by atoms with van der Waals surface area (Å²) in [6.45, 7) is 5.55. The minimum Gasteiger partial charge on any atom is -0.444 e. The zero-order chi connectivity index (χ0) is 20.0. The molecule has 0 saturated carbocycles. The van der Waals surface area contributed by atoms with Crippen molar-refractivity contribution in [1.82, 2.24) is 10.8 Å². The van der Waals surface area contributed by atoms with Gasteiger partial charge in [-0.1, -0.05) is 60.7 Å². The number of allylic oxidation sites excluding steroid dienone is 1. The SMILES string of the molecule is CC(C)(C)OC(=O)N[C@@H](Cc1ccccc1)[C@@H]1C=C(Cc2ccccc2)NO1. The van der Waals surface area contributed by atoms with E-state index in [-0.39, 0.29) is 12.1 Å². The molecule has 0 aromatic heterocycles. The Kier molecular flexibility index (Phi) is 6.37. The van der Waals surface area contributed by atoms with Crippen molar-refractivity contribution >= 4 is 6.09 Å². The van der Waals surface area contributed by atoms with E-state index in [1.165, 1.54) is 5.56 Å². The van der Waals surface area contributed by atoms with Gasteiger partial charge in [-0.05, 0) is 44.4 Å². The van der Waals surface area contributed by atoms with E-state index in [1.807, 2.05) is 75.4 Å². The van der Waals surface area contributed by atoms with Crippen LogP contribution in [0.2, 0.25) is 0 Å². The van der Waals surface area contributed by atoms with Gasteiger partial charge in [0.1, 0.15) is 11.7 Å². The minimum absolute atomic E-state index is 0.252. The fourth-order valence-corrected chi connectivity index (χ4v) is 3.10. The summed E-state index contributed by atoms with van der Waals surface area (Å²) in [5.74, 6) is 0. The molecular weight excluding hydrogens is 352 g/mol. The molecule has 2 atom stereocenters. The highest BCUT2D eigenvalue weighted by Gasteiger charge is 2.29. The van der Waals surface area contributed by atoms with E-state index < -0.39 is 11.7 Å². The molecular formula is C23H28N2O3. The molecule has 1 aliphatic heterocycles. The van der Waals surface area contributed by atoms with Crippen LogP contribution in [0.1, 0.15) is 31.9 Å². The quantitative estimate of drug-likeness (QED) is 0.790. The van der Waals surface area contributed by atoms with Crippen molar-refractivity contribution in [2.24, 2.45) is 0 Å². The van der Waals surface area contributed by atoms with Gasteiger partial charge in [0.05, 0.1) is 6.04 Å². The molecule has 2 aromatic carbocycles. The second-order valence-corrected chi connectivity index (χ2v) is 7.98. The summed E-state index contributed by atoms with van der Waals surface area (Å²) in [6, 6.07) is 20.0. The molecule has 1 aliphatic rings. The highest BCUT2D eigenvalue weighted by atomic mass is 16.7. The molecule has 1 amide bonds. The Morgan fingerprint density at radius 3 is 2.29 bits per heavy atom. The van der Waals surface area contributed by atoms with Crippen LogP contribution in [-0.2, 0) is 22.4 Å². The average Bonchev–Trinajstić information content (AvgIpc) is 3.10. The summed E-state index contributed by atoms with van der Waals surface area (Å²) in [4.78, 5) is 18.1. The van der Waals surface area contributed by atoms with Crippen molar-refractivity contribution in [3.05, 3.63) is 83.6 Å². The first-order valence-electron chi connectivity index (χ1n) is 9.59. The van der Waals surface area contributed by atoms with E-state index in [9.17, 15) is 4.79 Å². The van der Waals surface area contributed by atoms with Gasteiger partial charge >= 0.3 is 6.09 Å². The van der Waals surface area contributed by atoms with Crippen LogP contribution >= 0.6 is 0 Å². The summed E-state index contributed by atoms with van der Waals surface area (Å²) < 4.78 is 5.44. The molecule has 0 spiro atoms. The van der Waals surface area contributed by atoms with E-state index in [0.717, 1.165) is 17.7 Å². The van der Waals surface area contributed by atoms with Crippen molar-refractivity contribution in [3.63, 3.8) is 0 Å². The van der Waals surface area contributed by atoms with Crippen LogP contribution in [-0.4, -0.2) is 23.8 Å². The number of alkyl carbamates (subject to hydrolysis) is 1. The van der Waals surface area contributed by atoms with Crippen molar-refractivity contribution in [2.75, 3.05) is 0 Å². The van der Waals surface area contributed by atoms with Crippen molar-refractivity contribution in [1.29, 1.82) is 0 Å². The third-order valence-corrected chi connectivity index (χ3v) is 4.33. The van der Waals surface area contributed by atoms with Gasteiger partial charge in [-0.2, -0.15) is 0 Å². The first kappa shape index (κ1) is 20.0. The molecule has 3 rings (SSSR count). The largest absolute Gasteiger partial charge is 0.444 e. The number of rotatable bonds is 6. The number of carbonyl (C=O) groups is 1. The van der Waals surface area contributed by atoms with Crippen LogP contribution in [0.4, 0.5) is 4.79 Å². The average molecular weight is 380 g/mol. The van der Waals surface area contributed by atoms with Crippen LogP contribution in [0, 0.1) is 0 Å². The lowest BCUT2D eigenvalue weighted by molar-refractivity contribution is 0.0113. The van der Waals surface area contributed by atoms with Gasteiger partial charge < -0.3 is 10.1 Å². The van der Waals surface area contributed by atoms with Gasteiger partial charge in [0.25, 0.3) is 0 Å². The van der Waals surface area contributed by atoms with Gasteiger partial charge in [-0.15, -0.1) is 0 Å². The number of hydroxylamine groups is 1. The molecule has 148 valence electrons. The highest BCUT2D eigenvalue weighted by molar-refractivity contribution is 5.68. The number of benzene rings is 2. The van der Waals surface area contributed by atoms with E-state index in [1.54, 1.807) is 0 Å². The van der Waals surface area contributed by atoms with Crippen LogP contribution < -0.4 is 10.8 Å². The topological polar surface area (TPSA) is 59.6 Å². The number of hydrogen-bond acceptors (Lipinski definition) is 4. The highest BCUT2D eigenvalue weighted by Crippen LogP contribution is 2.18. The van der Waals surface area contributed by atoms with E-state index in [4.69, 9.17) is 9.57 Å². The maximum absolute atomic E-state index is 12.4. The van der Waals surface area contributed by atoms with Crippen LogP contribution in [0.3, 0.4) is 0 Å². The Morgan fingerprint density at radius 2 is 1.68 bits per heavy atom. The van der Waals surface area contributed by atoms with Crippen LogP contribution in [0.5, 0.6) is 0 Å². The van der Waals surface area contributed by atoms with E-state index >= 15 is 0 Å². The van der Waals surface area contributed by atoms with Crippen molar-refractivity contribution < 1.29 is 14.4 Å². The van der Waals surface area contributed by atoms with E-state index in [0.29, 0.717) is 6.42 Å². The molecule has 28 heavy (non-hydrogen) atoms. The zero-order valence-electron chi connectivity index (χ0n) is 16.6. The Bertz CT molecular complexity index is 798. The maximum Gasteiger partial charge on any atom is 0.407 e. The monoisotopic (exact) mass is 380 g/mol. The number of hydrogen-bond donors (Lipinski definition) is 2. The molecule has 0 bridgehead atoms. The fraction of sp³-hybridized carbons (Fsp3) is 0.348. The molecule has 5 heteroatoms. The smallest absolute Gasteiger partial charge is 0.407 e. The molecule has 0 radical (unpaired) electrons. The molecule has 2 N–H and O–H groups in total. The third-order valence-electron chi connectivity index (χ3n) is 4.33. The maximum atomic E-state index is 12.4. The third kappa shape index (κ3) is 6.13. The Labute approximate surface area is 166 Å². The number of ether oxygens (including phenoxy) is 1. The molecule has 2 aromatic rings. The first-order chi connectivity index (χ1) is 13.4. The van der Waals surface area contributed by atoms with Gasteiger partial charge in [-0.3, -0.25) is 10.3 Å². The number of carbonyl (C=O) groups excluding carboxylic acids is 1. The van der Waals surface area contributed by atoms with Gasteiger partial charge in [0, 0.05) is 12.1 Å². The van der Waals surface area contributed by atoms with Crippen LogP contribution in [0.15, 0.2) is 72.4 Å². The summed E-state index contributed by atoms with van der Waals surface area (Å²) >= 11 is 0. The molecule has 0 aliphatic carbocycles. The zero-order valence-corrected chi connectivity index (χ0v) is 16.6. The summed E-state index contributed by atoms with van der Waals surface area (Å²) in [7, 11) is 0. The molecule has 1 heterocycles. The lowest BCUT2D eigenvalue weighted by Crippen LogP contribution is -2.46. The molecule has 0 saturated heterocycles. The lowest BCUT2D eigenvalue weighted by Gasteiger charge is -2.26. The first-order valence-corrected chi connectivity index (χ1v) is 9.59. The molecule has 0 unspecified atom stereocenters. The Balaban J connectivity index is 1.71. The van der Waals surface area contributed by atoms with Crippen LogP contribution in [0.25, 0.3) is 0 Å². The minimum atomic E-state index is -0.551. The predicted molar refractivity (Wildman–Crippen MR) is 110 cm³/mol. The Morgan fingerprint density at radius 1 is 1.07 bits per heavy atom. The van der Waals surface area contributed by atoms with Gasteiger partial charge in [0.2, 0.25) is 0 Å². The van der Waals surface area contributed by atoms with Gasteiger partial charge in [0.15, 0.2) is 0 Å². The summed E-state index contributed by atoms with van der Waals surface area (Å²) in [6.07, 6.45) is 2.70. The second-order valence-electron chi connectivity index (χ2n) is 7.98. The number of amides is 1. The standard InChI is InChI=1S/C23H28N2O3/c1-23(2,3)27-22(26)24-20(15-18-12-8-5-9-13-18)21-16-19(25-28-21)14-17-10-6-4-7-11-17/h4-13,16,20-21,25H,14-15H2,1-3H3,(H,24,26)/t20-,21-/m0/s1. The summed E-state index contributed by atoms with van der Waals surface area (Å²) in [5, 5.41) is 2.98. The Hall–Kier alpha value is -2.79. The van der Waals surface area contributed by atoms with E-state index in [2.05, 4.69) is 22.9 Å². The van der Waals surface area contributed by atoms with Crippen molar-refractivity contribution in [2.45, 2.75) is 51.4 Å². The normalized spacial score (nSPS) is 17.4. The number of nitrogens with one attached hydrogen (secondary N) is 2. The van der Waals surface area contributed by atoms with Crippen molar-refractivity contribution in [3.8, 4) is 0 Å². The van der Waals surface area contributed by atoms with Gasteiger partial charge in [-0.25, -0.2) is 4.79 Å². The summed E-state index contributed by atoms with van der Waals surface area (Å²) in [5.41, 5.74) is 5.77. The second kappa shape index (κ2) is 8.93. The molecule has 0 fully saturated rings. The lowest BCUT2D eigenvalue weighted by atomic mass is 10.00. The predicted octanol–water partition coefficient (Wildman–Crippen LogP) is 4.15. The molecule has 5 nitrogen and oxygen atoms in total.